The molecule has 6 heteroatoms. The van der Waals surface area contributed by atoms with E-state index >= 15 is 0 Å². The minimum atomic E-state index is -0.836. The van der Waals surface area contributed by atoms with Gasteiger partial charge in [0.1, 0.15) is 0 Å². The molecule has 3 heterocycles. The summed E-state index contributed by atoms with van der Waals surface area (Å²) >= 11 is 0. The van der Waals surface area contributed by atoms with Crippen molar-refractivity contribution in [3.8, 4) is 0 Å². The lowest BCUT2D eigenvalue weighted by Gasteiger charge is -2.39. The van der Waals surface area contributed by atoms with Gasteiger partial charge in [0.05, 0.1) is 23.8 Å². The summed E-state index contributed by atoms with van der Waals surface area (Å²) in [6.45, 7) is 3.80. The van der Waals surface area contributed by atoms with Gasteiger partial charge in [0.25, 0.3) is 0 Å². The van der Waals surface area contributed by atoms with E-state index in [-0.39, 0.29) is 12.2 Å². The molecule has 5 unspecified atom stereocenters. The molecule has 5 atom stereocenters. The average molecular weight is 214 g/mol. The van der Waals surface area contributed by atoms with Crippen LogP contribution in [0.15, 0.2) is 0 Å². The second-order valence-electron chi connectivity index (χ2n) is 4.94. The molecule has 3 fully saturated rings. The van der Waals surface area contributed by atoms with Crippen LogP contribution in [-0.4, -0.2) is 34.2 Å². The minimum Gasteiger partial charge on any atom is -0.760 e. The second-order valence-corrected chi connectivity index (χ2v) is 4.94. The monoisotopic (exact) mass is 214 g/mol. The third-order valence-electron chi connectivity index (χ3n) is 4.10. The number of hydroxylamine groups is 4. The lowest BCUT2D eigenvalue weighted by Crippen LogP contribution is -2.51. The summed E-state index contributed by atoms with van der Waals surface area (Å²) in [5.41, 5.74) is -0.836. The fraction of sp³-hybridized carbons (Fsp3) is 1.00. The normalized spacial score (nSPS) is 56.0. The Bertz CT molecular complexity index is 289. The smallest absolute Gasteiger partial charge is 0.0793 e. The molecule has 0 aromatic carbocycles. The predicted molar refractivity (Wildman–Crippen MR) is 50.7 cm³/mol. The Morgan fingerprint density at radius 2 is 2.07 bits per heavy atom. The number of rotatable bonds is 0. The van der Waals surface area contributed by atoms with Crippen LogP contribution in [0.5, 0.6) is 0 Å². The molecular formula is C9H14N2O4-2. The van der Waals surface area contributed by atoms with Crippen LogP contribution in [0.4, 0.5) is 0 Å². The summed E-state index contributed by atoms with van der Waals surface area (Å²) in [5, 5.41) is 24.0. The Morgan fingerprint density at radius 1 is 1.33 bits per heavy atom. The van der Waals surface area contributed by atoms with Gasteiger partial charge in [-0.15, -0.1) is 0 Å². The molecule has 15 heavy (non-hydrogen) atoms. The van der Waals surface area contributed by atoms with Gasteiger partial charge in [-0.1, -0.05) is 6.92 Å². The summed E-state index contributed by atoms with van der Waals surface area (Å²) < 4.78 is 5.76. The van der Waals surface area contributed by atoms with E-state index in [0.29, 0.717) is 16.4 Å². The van der Waals surface area contributed by atoms with E-state index in [4.69, 9.17) is 4.74 Å². The van der Waals surface area contributed by atoms with Crippen molar-refractivity contribution in [2.75, 3.05) is 0 Å². The maximum absolute atomic E-state index is 11.6. The lowest BCUT2D eigenvalue weighted by atomic mass is 9.88. The molecule has 2 bridgehead atoms. The van der Waals surface area contributed by atoms with E-state index < -0.39 is 11.6 Å². The Morgan fingerprint density at radius 3 is 2.80 bits per heavy atom. The molecule has 3 aliphatic rings. The maximum atomic E-state index is 11.6. The van der Waals surface area contributed by atoms with Crippen LogP contribution in [0, 0.1) is 16.3 Å². The summed E-state index contributed by atoms with van der Waals surface area (Å²) in [4.78, 5) is 4.59. The van der Waals surface area contributed by atoms with Gasteiger partial charge in [-0.05, 0) is 25.7 Å². The van der Waals surface area contributed by atoms with Crippen LogP contribution in [0.3, 0.4) is 0 Å². The van der Waals surface area contributed by atoms with Crippen LogP contribution in [0.1, 0.15) is 26.7 Å². The van der Waals surface area contributed by atoms with Crippen LogP contribution >= 0.6 is 0 Å². The first-order chi connectivity index (χ1) is 7.05. The summed E-state index contributed by atoms with van der Waals surface area (Å²) in [7, 11) is 0. The van der Waals surface area contributed by atoms with Crippen molar-refractivity contribution >= 4 is 0 Å². The molecule has 0 radical (unpaired) electrons. The van der Waals surface area contributed by atoms with Crippen LogP contribution in [0.2, 0.25) is 0 Å². The SMILES string of the molecule is CC1CCC2OC1C1N([O-])ON([O-])C21C. The largest absolute Gasteiger partial charge is 0.760 e. The topological polar surface area (TPSA) is 71.1 Å². The molecule has 3 saturated heterocycles. The highest BCUT2D eigenvalue weighted by molar-refractivity contribution is 5.14. The Balaban J connectivity index is 2.01. The first-order valence-electron chi connectivity index (χ1n) is 5.32. The molecule has 0 aromatic rings. The fourth-order valence-electron chi connectivity index (χ4n) is 3.08. The number of hydrogen-bond donors (Lipinski definition) is 0. The van der Waals surface area contributed by atoms with Crippen molar-refractivity contribution in [3.63, 3.8) is 0 Å². The fourth-order valence-corrected chi connectivity index (χ4v) is 3.08. The third-order valence-corrected chi connectivity index (χ3v) is 4.10. The van der Waals surface area contributed by atoms with E-state index in [1.54, 1.807) is 6.92 Å². The zero-order valence-electron chi connectivity index (χ0n) is 8.75. The summed E-state index contributed by atoms with van der Waals surface area (Å²) in [6.07, 6.45) is 1.47. The third kappa shape index (κ3) is 1.04. The van der Waals surface area contributed by atoms with Gasteiger partial charge in [0, 0.05) is 0 Å². The van der Waals surface area contributed by atoms with Gasteiger partial charge in [0.2, 0.25) is 0 Å². The highest BCUT2D eigenvalue weighted by Gasteiger charge is 2.62. The zero-order valence-corrected chi connectivity index (χ0v) is 8.75. The number of hydrogen-bond acceptors (Lipinski definition) is 6. The molecule has 0 spiro atoms. The van der Waals surface area contributed by atoms with Gasteiger partial charge < -0.3 is 15.2 Å². The van der Waals surface area contributed by atoms with Crippen molar-refractivity contribution in [1.29, 1.82) is 0 Å². The van der Waals surface area contributed by atoms with Gasteiger partial charge in [0.15, 0.2) is 0 Å². The minimum absolute atomic E-state index is 0.176. The highest BCUT2D eigenvalue weighted by Crippen LogP contribution is 2.50. The van der Waals surface area contributed by atoms with Gasteiger partial charge >= 0.3 is 0 Å². The van der Waals surface area contributed by atoms with Crippen LogP contribution in [-0.2, 0) is 9.68 Å². The van der Waals surface area contributed by atoms with Crippen molar-refractivity contribution in [2.45, 2.75) is 50.5 Å². The number of ether oxygens (including phenoxy) is 1. The molecule has 86 valence electrons. The van der Waals surface area contributed by atoms with Crippen molar-refractivity contribution in [1.82, 2.24) is 10.5 Å². The predicted octanol–water partition coefficient (Wildman–Crippen LogP) is 0.771. The maximum Gasteiger partial charge on any atom is 0.0793 e. The summed E-state index contributed by atoms with van der Waals surface area (Å²) in [6, 6.07) is -0.488. The number of nitrogens with zero attached hydrogens (tertiary/aromatic N) is 2. The van der Waals surface area contributed by atoms with Crippen molar-refractivity contribution < 1.29 is 9.68 Å². The van der Waals surface area contributed by atoms with Gasteiger partial charge in [-0.25, -0.2) is 15.4 Å². The average Bonchev–Trinajstić information content (AvgIpc) is 2.56. The Kier molecular flexibility index (Phi) is 1.93. The molecule has 0 aromatic heterocycles. The molecule has 3 aliphatic heterocycles. The zero-order chi connectivity index (χ0) is 10.8. The molecule has 0 aliphatic carbocycles. The number of fused-ring (bicyclic) bond motifs is 5. The molecular weight excluding hydrogens is 200 g/mol. The van der Waals surface area contributed by atoms with Crippen molar-refractivity contribution in [2.24, 2.45) is 5.92 Å². The van der Waals surface area contributed by atoms with E-state index in [1.165, 1.54) is 0 Å². The molecule has 0 saturated carbocycles. The first kappa shape index (κ1) is 9.95. The molecule has 0 N–H and O–H groups in total. The standard InChI is InChI=1S/C9H14N2O4/c1-5-3-4-6-9(2)8(7(5)14-6)10(12)15-11(9)13/h5-8H,3-4H2,1-2H3/q-2. The molecule has 3 rings (SSSR count). The van der Waals surface area contributed by atoms with Crippen LogP contribution in [0.25, 0.3) is 0 Å². The Hall–Kier alpha value is -0.240. The lowest BCUT2D eigenvalue weighted by molar-refractivity contribution is -0.270. The van der Waals surface area contributed by atoms with Gasteiger partial charge in [-0.3, -0.25) is 0 Å². The molecule has 0 amide bonds. The van der Waals surface area contributed by atoms with Gasteiger partial charge in [-0.2, -0.15) is 0 Å². The van der Waals surface area contributed by atoms with Crippen molar-refractivity contribution in [3.05, 3.63) is 10.4 Å². The van der Waals surface area contributed by atoms with Crippen LogP contribution < -0.4 is 0 Å². The van der Waals surface area contributed by atoms with E-state index in [0.717, 1.165) is 12.8 Å². The summed E-state index contributed by atoms with van der Waals surface area (Å²) in [5.74, 6) is 0.305. The highest BCUT2D eigenvalue weighted by atomic mass is 17.1. The van der Waals surface area contributed by atoms with E-state index in [9.17, 15) is 10.4 Å². The Labute approximate surface area is 87.8 Å². The second kappa shape index (κ2) is 2.91. The van der Waals surface area contributed by atoms with E-state index in [2.05, 4.69) is 4.94 Å². The van der Waals surface area contributed by atoms with E-state index in [1.807, 2.05) is 6.92 Å². The quantitative estimate of drug-likeness (QED) is 0.593. The molecule has 6 nitrogen and oxygen atoms in total. The first-order valence-corrected chi connectivity index (χ1v) is 5.32.